The number of aliphatic hydroxyl groups is 1. The van der Waals surface area contributed by atoms with Crippen LogP contribution in [0.5, 0.6) is 0 Å². The van der Waals surface area contributed by atoms with Gasteiger partial charge >= 0.3 is 0 Å². The quantitative estimate of drug-likeness (QED) is 0.819. The number of aryl methyl sites for hydroxylation is 1. The number of hydrogen-bond acceptors (Lipinski definition) is 6. The van der Waals surface area contributed by atoms with Gasteiger partial charge in [0.1, 0.15) is 0 Å². The van der Waals surface area contributed by atoms with Gasteiger partial charge in [-0.1, -0.05) is 12.1 Å². The van der Waals surface area contributed by atoms with E-state index < -0.39 is 0 Å². The third-order valence-electron chi connectivity index (χ3n) is 3.69. The average Bonchev–Trinajstić information content (AvgIpc) is 2.88. The van der Waals surface area contributed by atoms with Crippen molar-refractivity contribution in [3.05, 3.63) is 11.7 Å². The van der Waals surface area contributed by atoms with Gasteiger partial charge in [-0.05, 0) is 13.3 Å². The van der Waals surface area contributed by atoms with Crippen LogP contribution in [-0.4, -0.2) is 64.4 Å². The van der Waals surface area contributed by atoms with Gasteiger partial charge in [-0.25, -0.2) is 0 Å². The summed E-state index contributed by atoms with van der Waals surface area (Å²) in [5, 5.41) is 12.9. The van der Waals surface area contributed by atoms with Gasteiger partial charge < -0.3 is 9.63 Å². The Labute approximate surface area is 114 Å². The summed E-state index contributed by atoms with van der Waals surface area (Å²) in [7, 11) is 0. The minimum atomic E-state index is 0.175. The summed E-state index contributed by atoms with van der Waals surface area (Å²) in [6, 6.07) is 0.175. The van der Waals surface area contributed by atoms with Crippen LogP contribution in [0, 0.1) is 0 Å². The van der Waals surface area contributed by atoms with E-state index >= 15 is 0 Å². The maximum absolute atomic E-state index is 8.94. The SMILES string of the molecule is CCCc1noc(C(C)N2CCN(CCO)CC2)n1. The first kappa shape index (κ1) is 14.4. The van der Waals surface area contributed by atoms with Crippen molar-refractivity contribution in [2.75, 3.05) is 39.3 Å². The summed E-state index contributed by atoms with van der Waals surface area (Å²) in [6.45, 7) is 9.16. The van der Waals surface area contributed by atoms with Crippen LogP contribution in [0.2, 0.25) is 0 Å². The first-order chi connectivity index (χ1) is 9.24. The van der Waals surface area contributed by atoms with Gasteiger partial charge in [-0.2, -0.15) is 4.98 Å². The molecule has 1 atom stereocenters. The van der Waals surface area contributed by atoms with Gasteiger partial charge in [0, 0.05) is 39.1 Å². The zero-order chi connectivity index (χ0) is 13.7. The van der Waals surface area contributed by atoms with E-state index in [0.29, 0.717) is 0 Å². The zero-order valence-electron chi connectivity index (χ0n) is 11.9. The number of aliphatic hydroxyl groups excluding tert-OH is 1. The molecule has 1 saturated heterocycles. The highest BCUT2D eigenvalue weighted by Crippen LogP contribution is 2.20. The van der Waals surface area contributed by atoms with Crippen LogP contribution in [-0.2, 0) is 6.42 Å². The molecule has 1 N–H and O–H groups in total. The molecule has 0 aromatic carbocycles. The van der Waals surface area contributed by atoms with Crippen LogP contribution in [0.4, 0.5) is 0 Å². The van der Waals surface area contributed by atoms with Gasteiger partial charge in [0.05, 0.1) is 12.6 Å². The Balaban J connectivity index is 1.87. The number of rotatable bonds is 6. The Kier molecular flexibility index (Phi) is 5.30. The van der Waals surface area contributed by atoms with E-state index in [2.05, 4.69) is 33.8 Å². The Morgan fingerprint density at radius 2 is 2.05 bits per heavy atom. The van der Waals surface area contributed by atoms with Crippen LogP contribution in [0.25, 0.3) is 0 Å². The highest BCUT2D eigenvalue weighted by molar-refractivity contribution is 4.93. The summed E-state index contributed by atoms with van der Waals surface area (Å²) >= 11 is 0. The van der Waals surface area contributed by atoms with Gasteiger partial charge in [-0.3, -0.25) is 9.80 Å². The van der Waals surface area contributed by atoms with Crippen molar-refractivity contribution in [1.29, 1.82) is 0 Å². The Morgan fingerprint density at radius 1 is 1.32 bits per heavy atom. The van der Waals surface area contributed by atoms with E-state index in [4.69, 9.17) is 9.63 Å². The molecule has 1 fully saturated rings. The van der Waals surface area contributed by atoms with Crippen molar-refractivity contribution in [3.8, 4) is 0 Å². The fourth-order valence-electron chi connectivity index (χ4n) is 2.43. The lowest BCUT2D eigenvalue weighted by atomic mass is 10.2. The Bertz CT molecular complexity index is 374. The smallest absolute Gasteiger partial charge is 0.243 e. The second-order valence-electron chi connectivity index (χ2n) is 5.08. The largest absolute Gasteiger partial charge is 0.395 e. The molecule has 1 aromatic rings. The first-order valence-corrected chi connectivity index (χ1v) is 7.14. The molecule has 6 heteroatoms. The second kappa shape index (κ2) is 6.98. The highest BCUT2D eigenvalue weighted by atomic mass is 16.5. The molecular formula is C13H24N4O2. The molecule has 1 aliphatic rings. The lowest BCUT2D eigenvalue weighted by Gasteiger charge is -2.36. The predicted octanol–water partition coefficient (Wildman–Crippen LogP) is 0.693. The van der Waals surface area contributed by atoms with Gasteiger partial charge in [0.25, 0.3) is 0 Å². The normalized spacial score (nSPS) is 19.7. The van der Waals surface area contributed by atoms with E-state index in [9.17, 15) is 0 Å². The molecule has 0 bridgehead atoms. The lowest BCUT2D eigenvalue weighted by molar-refractivity contribution is 0.0776. The van der Waals surface area contributed by atoms with Crippen molar-refractivity contribution in [1.82, 2.24) is 19.9 Å². The number of β-amino-alcohol motifs (C(OH)–C–C–N with tert-alkyl or cyclic N) is 1. The maximum atomic E-state index is 8.94. The van der Waals surface area contributed by atoms with Gasteiger partial charge in [0.2, 0.25) is 5.89 Å². The van der Waals surface area contributed by atoms with Crippen molar-refractivity contribution >= 4 is 0 Å². The molecule has 0 radical (unpaired) electrons. The van der Waals surface area contributed by atoms with Crippen LogP contribution in [0.3, 0.4) is 0 Å². The van der Waals surface area contributed by atoms with E-state index in [0.717, 1.165) is 57.3 Å². The van der Waals surface area contributed by atoms with E-state index in [1.807, 2.05) is 0 Å². The molecule has 1 unspecified atom stereocenters. The average molecular weight is 268 g/mol. The summed E-state index contributed by atoms with van der Waals surface area (Å²) in [4.78, 5) is 9.09. The monoisotopic (exact) mass is 268 g/mol. The molecule has 19 heavy (non-hydrogen) atoms. The van der Waals surface area contributed by atoms with Crippen molar-refractivity contribution in [2.24, 2.45) is 0 Å². The first-order valence-electron chi connectivity index (χ1n) is 7.14. The fourth-order valence-corrected chi connectivity index (χ4v) is 2.43. The molecule has 0 spiro atoms. The Hall–Kier alpha value is -0.980. The third kappa shape index (κ3) is 3.75. The van der Waals surface area contributed by atoms with E-state index in [1.54, 1.807) is 0 Å². The topological polar surface area (TPSA) is 65.6 Å². The standard InChI is InChI=1S/C13H24N4O2/c1-3-4-12-14-13(19-15-12)11(2)17-7-5-16(6-8-17)9-10-18/h11,18H,3-10H2,1-2H3. The van der Waals surface area contributed by atoms with Gasteiger partial charge in [0.15, 0.2) is 5.82 Å². The second-order valence-corrected chi connectivity index (χ2v) is 5.08. The Morgan fingerprint density at radius 3 is 2.68 bits per heavy atom. The van der Waals surface area contributed by atoms with Crippen molar-refractivity contribution < 1.29 is 9.63 Å². The van der Waals surface area contributed by atoms with Crippen LogP contribution in [0.15, 0.2) is 4.52 Å². The minimum absolute atomic E-state index is 0.175. The van der Waals surface area contributed by atoms with Gasteiger partial charge in [-0.15, -0.1) is 0 Å². The number of hydrogen-bond donors (Lipinski definition) is 1. The molecule has 2 heterocycles. The number of aromatic nitrogens is 2. The summed E-state index contributed by atoms with van der Waals surface area (Å²) in [6.07, 6.45) is 1.91. The number of piperazine rings is 1. The van der Waals surface area contributed by atoms with E-state index in [1.165, 1.54) is 0 Å². The fraction of sp³-hybridized carbons (Fsp3) is 0.846. The maximum Gasteiger partial charge on any atom is 0.243 e. The molecule has 0 saturated carbocycles. The van der Waals surface area contributed by atoms with Crippen molar-refractivity contribution in [2.45, 2.75) is 32.7 Å². The summed E-state index contributed by atoms with van der Waals surface area (Å²) in [5.41, 5.74) is 0. The summed E-state index contributed by atoms with van der Waals surface area (Å²) < 4.78 is 5.35. The summed E-state index contributed by atoms with van der Waals surface area (Å²) in [5.74, 6) is 1.53. The molecule has 0 aliphatic carbocycles. The molecule has 1 aromatic heterocycles. The van der Waals surface area contributed by atoms with E-state index in [-0.39, 0.29) is 12.6 Å². The molecule has 0 amide bonds. The van der Waals surface area contributed by atoms with Crippen molar-refractivity contribution in [3.63, 3.8) is 0 Å². The molecule has 6 nitrogen and oxygen atoms in total. The number of nitrogens with zero attached hydrogens (tertiary/aromatic N) is 4. The van der Waals surface area contributed by atoms with Crippen LogP contribution in [0.1, 0.15) is 38.0 Å². The minimum Gasteiger partial charge on any atom is -0.395 e. The highest BCUT2D eigenvalue weighted by Gasteiger charge is 2.25. The molecular weight excluding hydrogens is 244 g/mol. The molecule has 2 rings (SSSR count). The van der Waals surface area contributed by atoms with Crippen LogP contribution < -0.4 is 0 Å². The lowest BCUT2D eigenvalue weighted by Crippen LogP contribution is -2.47. The molecule has 1 aliphatic heterocycles. The van der Waals surface area contributed by atoms with Crippen LogP contribution >= 0.6 is 0 Å². The zero-order valence-corrected chi connectivity index (χ0v) is 11.9. The third-order valence-corrected chi connectivity index (χ3v) is 3.69. The predicted molar refractivity (Wildman–Crippen MR) is 71.8 cm³/mol. The molecule has 108 valence electrons.